The Morgan fingerprint density at radius 2 is 1.54 bits per heavy atom. The number of rotatable bonds is 4. The fraction of sp³-hybridized carbons (Fsp3) is 0.250. The van der Waals surface area contributed by atoms with E-state index in [0.29, 0.717) is 6.61 Å². The van der Waals surface area contributed by atoms with Crippen molar-refractivity contribution in [3.8, 4) is 23.0 Å². The predicted octanol–water partition coefficient (Wildman–Crippen LogP) is 5.03. The van der Waals surface area contributed by atoms with Crippen molar-refractivity contribution in [2.45, 2.75) is 18.8 Å². The van der Waals surface area contributed by atoms with E-state index >= 15 is 0 Å². The Balaban J connectivity index is 1.85. The number of aromatic hydroxyl groups is 1. The van der Waals surface area contributed by atoms with E-state index < -0.39 is 0 Å². The lowest BCUT2D eigenvalue weighted by atomic mass is 9.75. The zero-order valence-electron chi connectivity index (χ0n) is 16.3. The molecule has 3 aromatic carbocycles. The van der Waals surface area contributed by atoms with Gasteiger partial charge in [-0.2, -0.15) is 0 Å². The second-order valence-corrected chi connectivity index (χ2v) is 7.07. The van der Waals surface area contributed by atoms with Gasteiger partial charge in [-0.1, -0.05) is 30.3 Å². The van der Waals surface area contributed by atoms with Crippen LogP contribution < -0.4 is 14.2 Å². The number of phenols is 1. The highest BCUT2D eigenvalue weighted by molar-refractivity contribution is 5.56. The average molecular weight is 376 g/mol. The summed E-state index contributed by atoms with van der Waals surface area (Å²) in [6, 6.07) is 19.7. The van der Waals surface area contributed by atoms with E-state index in [2.05, 4.69) is 18.2 Å². The predicted molar refractivity (Wildman–Crippen MR) is 109 cm³/mol. The van der Waals surface area contributed by atoms with Crippen LogP contribution in [0.15, 0.2) is 60.7 Å². The highest BCUT2D eigenvalue weighted by Gasteiger charge is 2.34. The number of ether oxygens (including phenoxy) is 3. The number of phenolic OH excluding ortho intramolecular Hbond substituents is 1. The first-order valence-electron chi connectivity index (χ1n) is 9.35. The highest BCUT2D eigenvalue weighted by Crippen LogP contribution is 2.49. The lowest BCUT2D eigenvalue weighted by Crippen LogP contribution is -2.26. The molecule has 0 unspecified atom stereocenters. The smallest absolute Gasteiger partial charge is 0.129 e. The largest absolute Gasteiger partial charge is 0.508 e. The van der Waals surface area contributed by atoms with Gasteiger partial charge < -0.3 is 19.3 Å². The number of hydrogen-bond acceptors (Lipinski definition) is 4. The quantitative estimate of drug-likeness (QED) is 0.694. The van der Waals surface area contributed by atoms with Gasteiger partial charge in [-0.25, -0.2) is 0 Å². The molecule has 0 radical (unpaired) electrons. The number of hydrogen-bond donors (Lipinski definition) is 1. The zero-order valence-corrected chi connectivity index (χ0v) is 16.3. The average Bonchev–Trinajstić information content (AvgIpc) is 2.74. The zero-order chi connectivity index (χ0) is 19.7. The van der Waals surface area contributed by atoms with Gasteiger partial charge in [-0.3, -0.25) is 0 Å². The van der Waals surface area contributed by atoms with Gasteiger partial charge in [0.15, 0.2) is 0 Å². The molecule has 1 N–H and O–H groups in total. The van der Waals surface area contributed by atoms with Crippen molar-refractivity contribution in [2.24, 2.45) is 0 Å². The molecule has 0 fully saturated rings. The SMILES string of the molecule is COc1ccc([C@H]2c3ccc(OC)c(C)c3OC[C@H]2c2ccc(O)cc2)cc1. The molecule has 4 heteroatoms. The first-order chi connectivity index (χ1) is 13.6. The highest BCUT2D eigenvalue weighted by atomic mass is 16.5. The molecular weight excluding hydrogens is 352 g/mol. The summed E-state index contributed by atoms with van der Waals surface area (Å²) < 4.78 is 17.0. The van der Waals surface area contributed by atoms with Gasteiger partial charge in [-0.05, 0) is 48.4 Å². The fourth-order valence-electron chi connectivity index (χ4n) is 4.07. The van der Waals surface area contributed by atoms with E-state index in [-0.39, 0.29) is 17.6 Å². The van der Waals surface area contributed by atoms with E-state index in [9.17, 15) is 5.11 Å². The molecule has 0 bridgehead atoms. The summed E-state index contributed by atoms with van der Waals surface area (Å²) in [5.41, 5.74) is 4.50. The molecule has 0 aromatic heterocycles. The van der Waals surface area contributed by atoms with Crippen molar-refractivity contribution >= 4 is 0 Å². The first kappa shape index (κ1) is 18.2. The minimum absolute atomic E-state index is 0.129. The summed E-state index contributed by atoms with van der Waals surface area (Å²) in [5.74, 6) is 3.09. The second-order valence-electron chi connectivity index (χ2n) is 7.07. The lowest BCUT2D eigenvalue weighted by Gasteiger charge is -2.35. The number of methoxy groups -OCH3 is 2. The third-order valence-electron chi connectivity index (χ3n) is 5.55. The molecule has 144 valence electrons. The Morgan fingerprint density at radius 3 is 2.18 bits per heavy atom. The first-order valence-corrected chi connectivity index (χ1v) is 9.35. The van der Waals surface area contributed by atoms with Crippen molar-refractivity contribution in [1.29, 1.82) is 0 Å². The van der Waals surface area contributed by atoms with Crippen molar-refractivity contribution in [3.63, 3.8) is 0 Å². The normalized spacial score (nSPS) is 18.1. The minimum Gasteiger partial charge on any atom is -0.508 e. The van der Waals surface area contributed by atoms with Crippen LogP contribution >= 0.6 is 0 Å². The van der Waals surface area contributed by atoms with Crippen molar-refractivity contribution < 1.29 is 19.3 Å². The third kappa shape index (κ3) is 3.15. The maximum Gasteiger partial charge on any atom is 0.129 e. The molecule has 0 amide bonds. The second kappa shape index (κ2) is 7.47. The number of fused-ring (bicyclic) bond motifs is 1. The van der Waals surface area contributed by atoms with Crippen LogP contribution in [0.5, 0.6) is 23.0 Å². The summed E-state index contributed by atoms with van der Waals surface area (Å²) in [6.07, 6.45) is 0. The minimum atomic E-state index is 0.129. The van der Waals surface area contributed by atoms with E-state index in [1.165, 1.54) is 5.56 Å². The summed E-state index contributed by atoms with van der Waals surface area (Å²) in [7, 11) is 3.35. The molecule has 0 saturated heterocycles. The molecule has 0 aliphatic carbocycles. The van der Waals surface area contributed by atoms with Crippen LogP contribution in [0.25, 0.3) is 0 Å². The molecule has 0 spiro atoms. The Bertz CT molecular complexity index is 961. The lowest BCUT2D eigenvalue weighted by molar-refractivity contribution is 0.245. The Kier molecular flexibility index (Phi) is 4.86. The van der Waals surface area contributed by atoms with Crippen LogP contribution in [0, 0.1) is 6.92 Å². The van der Waals surface area contributed by atoms with Crippen LogP contribution in [0.3, 0.4) is 0 Å². The van der Waals surface area contributed by atoms with Gasteiger partial charge >= 0.3 is 0 Å². The fourth-order valence-corrected chi connectivity index (χ4v) is 4.07. The van der Waals surface area contributed by atoms with Crippen molar-refractivity contribution in [1.82, 2.24) is 0 Å². The molecule has 2 atom stereocenters. The monoisotopic (exact) mass is 376 g/mol. The van der Waals surface area contributed by atoms with Gasteiger partial charge in [0.2, 0.25) is 0 Å². The Morgan fingerprint density at radius 1 is 0.857 bits per heavy atom. The van der Waals surface area contributed by atoms with Gasteiger partial charge in [0.1, 0.15) is 23.0 Å². The Hall–Kier alpha value is -3.14. The summed E-state index contributed by atoms with van der Waals surface area (Å²) >= 11 is 0. The van der Waals surface area contributed by atoms with Crippen molar-refractivity contribution in [2.75, 3.05) is 20.8 Å². The van der Waals surface area contributed by atoms with Gasteiger partial charge in [0, 0.05) is 23.0 Å². The van der Waals surface area contributed by atoms with E-state index in [1.807, 2.05) is 37.3 Å². The van der Waals surface area contributed by atoms with E-state index in [0.717, 1.165) is 33.9 Å². The van der Waals surface area contributed by atoms with Crippen LogP contribution in [0.1, 0.15) is 34.1 Å². The molecule has 3 aromatic rings. The maximum atomic E-state index is 9.69. The van der Waals surface area contributed by atoms with Gasteiger partial charge in [0.05, 0.1) is 20.8 Å². The molecule has 4 rings (SSSR count). The third-order valence-corrected chi connectivity index (χ3v) is 5.55. The molecular formula is C24H24O4. The standard InChI is InChI=1S/C24H24O4/c1-15-22(27-3)13-12-20-23(17-6-10-19(26-2)11-7-17)21(14-28-24(15)20)16-4-8-18(25)9-5-16/h4-13,21,23,25H,14H2,1-3H3/t21-,23-/m0/s1. The van der Waals surface area contributed by atoms with Crippen LogP contribution in [-0.2, 0) is 0 Å². The summed E-state index contributed by atoms with van der Waals surface area (Å²) in [6.45, 7) is 2.59. The topological polar surface area (TPSA) is 47.9 Å². The molecule has 1 aliphatic heterocycles. The van der Waals surface area contributed by atoms with Crippen LogP contribution in [0.2, 0.25) is 0 Å². The summed E-state index contributed by atoms with van der Waals surface area (Å²) in [4.78, 5) is 0. The van der Waals surface area contributed by atoms with E-state index in [4.69, 9.17) is 14.2 Å². The Labute approximate surface area is 165 Å². The van der Waals surface area contributed by atoms with Gasteiger partial charge in [0.25, 0.3) is 0 Å². The summed E-state index contributed by atoms with van der Waals surface area (Å²) in [5, 5.41) is 9.69. The molecule has 0 saturated carbocycles. The molecule has 1 heterocycles. The molecule has 4 nitrogen and oxygen atoms in total. The maximum absolute atomic E-state index is 9.69. The van der Waals surface area contributed by atoms with Crippen LogP contribution in [0.4, 0.5) is 0 Å². The number of benzene rings is 3. The molecule has 1 aliphatic rings. The van der Waals surface area contributed by atoms with Crippen molar-refractivity contribution in [3.05, 3.63) is 82.9 Å². The van der Waals surface area contributed by atoms with Crippen LogP contribution in [-0.4, -0.2) is 25.9 Å². The van der Waals surface area contributed by atoms with E-state index in [1.54, 1.807) is 26.4 Å². The van der Waals surface area contributed by atoms with Gasteiger partial charge in [-0.15, -0.1) is 0 Å². The molecule has 28 heavy (non-hydrogen) atoms.